The number of halogens is 1. The zero-order valence-electron chi connectivity index (χ0n) is 8.66. The Morgan fingerprint density at radius 2 is 2.06 bits per heavy atom. The van der Waals surface area contributed by atoms with E-state index in [-0.39, 0.29) is 5.78 Å². The quantitative estimate of drug-likeness (QED) is 0.816. The van der Waals surface area contributed by atoms with Gasteiger partial charge in [-0.15, -0.1) is 0 Å². The van der Waals surface area contributed by atoms with Crippen LogP contribution in [-0.2, 0) is 4.79 Å². The van der Waals surface area contributed by atoms with Gasteiger partial charge in [0.1, 0.15) is 5.71 Å². The molecule has 16 heavy (non-hydrogen) atoms. The Bertz CT molecular complexity index is 462. The van der Waals surface area contributed by atoms with Crippen molar-refractivity contribution in [3.05, 3.63) is 41.4 Å². The Hall–Kier alpha value is -1.61. The molecule has 0 spiro atoms. The predicted octanol–water partition coefficient (Wildman–Crippen LogP) is 2.27. The molecule has 82 valence electrons. The van der Waals surface area contributed by atoms with Gasteiger partial charge in [-0.1, -0.05) is 30.3 Å². The third kappa shape index (κ3) is 2.14. The van der Waals surface area contributed by atoms with Crippen LogP contribution in [0.1, 0.15) is 12.0 Å². The number of hydrogen-bond acceptors (Lipinski definition) is 3. The van der Waals surface area contributed by atoms with E-state index in [1.54, 1.807) is 24.3 Å². The minimum Gasteiger partial charge on any atom is -0.309 e. The van der Waals surface area contributed by atoms with Crippen LogP contribution in [0.15, 0.2) is 35.9 Å². The Morgan fingerprint density at radius 3 is 2.62 bits per heavy atom. The number of hydrogen-bond donors (Lipinski definition) is 1. The first kappa shape index (κ1) is 10.9. The number of allylic oxidation sites excluding steroid dienone is 1. The van der Waals surface area contributed by atoms with Gasteiger partial charge in [-0.2, -0.15) is 5.10 Å². The van der Waals surface area contributed by atoms with Gasteiger partial charge in [0.05, 0.1) is 0 Å². The van der Waals surface area contributed by atoms with E-state index in [1.807, 2.05) is 0 Å². The van der Waals surface area contributed by atoms with Crippen molar-refractivity contribution in [1.82, 2.24) is 5.43 Å². The molecule has 0 bridgehead atoms. The second-order valence-electron chi connectivity index (χ2n) is 3.53. The van der Waals surface area contributed by atoms with Gasteiger partial charge in [-0.05, 0) is 17.7 Å². The molecule has 3 nitrogen and oxygen atoms in total. The molecule has 1 aliphatic rings. The first-order chi connectivity index (χ1) is 7.68. The molecule has 0 aromatic heterocycles. The smallest absolute Gasteiger partial charge is 0.209 e. The summed E-state index contributed by atoms with van der Waals surface area (Å²) in [4.78, 5) is 11.9. The molecule has 1 aromatic rings. The third-order valence-corrected chi connectivity index (χ3v) is 2.67. The Labute approximate surface area is 98.8 Å². The third-order valence-electron chi connectivity index (χ3n) is 2.42. The maximum absolute atomic E-state index is 11.9. The summed E-state index contributed by atoms with van der Waals surface area (Å²) in [6, 6.07) is 7.05. The lowest BCUT2D eigenvalue weighted by Gasteiger charge is -2.04. The van der Waals surface area contributed by atoms with Crippen LogP contribution in [0.2, 0.25) is 5.02 Å². The number of Topliss-reactive ketones (excluding diaryl/α,β-unsaturated/α-hetero) is 1. The van der Waals surface area contributed by atoms with Crippen LogP contribution in [0, 0.1) is 0 Å². The molecule has 0 saturated carbocycles. The Balaban J connectivity index is 2.19. The number of carbonyl (C=O) groups excluding carboxylic acids is 1. The molecule has 2 rings (SSSR count). The average molecular weight is 235 g/mol. The van der Waals surface area contributed by atoms with E-state index in [1.165, 1.54) is 0 Å². The van der Waals surface area contributed by atoms with Gasteiger partial charge in [0.2, 0.25) is 5.78 Å². The highest BCUT2D eigenvalue weighted by Crippen LogP contribution is 2.18. The monoisotopic (exact) mass is 234 g/mol. The SMILES string of the molecule is C=C(C(=O)C1=NNCC1)c1ccc(Cl)cc1. The minimum atomic E-state index is -0.104. The molecule has 1 aliphatic heterocycles. The summed E-state index contributed by atoms with van der Waals surface area (Å²) in [5.74, 6) is -0.104. The van der Waals surface area contributed by atoms with Crippen molar-refractivity contribution >= 4 is 28.7 Å². The van der Waals surface area contributed by atoms with Crippen molar-refractivity contribution in [2.45, 2.75) is 6.42 Å². The largest absolute Gasteiger partial charge is 0.309 e. The lowest BCUT2D eigenvalue weighted by Crippen LogP contribution is -2.13. The van der Waals surface area contributed by atoms with Crippen molar-refractivity contribution in [3.63, 3.8) is 0 Å². The highest BCUT2D eigenvalue weighted by molar-refractivity contribution is 6.55. The van der Waals surface area contributed by atoms with Gasteiger partial charge < -0.3 is 5.43 Å². The van der Waals surface area contributed by atoms with Gasteiger partial charge >= 0.3 is 0 Å². The van der Waals surface area contributed by atoms with Crippen LogP contribution in [0.25, 0.3) is 5.57 Å². The normalized spacial score (nSPS) is 14.2. The van der Waals surface area contributed by atoms with E-state index < -0.39 is 0 Å². The highest BCUT2D eigenvalue weighted by atomic mass is 35.5. The molecular formula is C12H11ClN2O. The summed E-state index contributed by atoms with van der Waals surface area (Å²) >= 11 is 5.77. The summed E-state index contributed by atoms with van der Waals surface area (Å²) in [6.45, 7) is 4.52. The summed E-state index contributed by atoms with van der Waals surface area (Å²) in [5, 5.41) is 4.57. The molecular weight excluding hydrogens is 224 g/mol. The summed E-state index contributed by atoms with van der Waals surface area (Å²) in [7, 11) is 0. The summed E-state index contributed by atoms with van der Waals surface area (Å²) in [5.41, 5.74) is 4.55. The number of hydrazone groups is 1. The molecule has 0 fully saturated rings. The van der Waals surface area contributed by atoms with E-state index in [4.69, 9.17) is 11.6 Å². The van der Waals surface area contributed by atoms with Crippen molar-refractivity contribution in [2.24, 2.45) is 5.10 Å². The van der Waals surface area contributed by atoms with E-state index >= 15 is 0 Å². The number of benzene rings is 1. The molecule has 1 heterocycles. The molecule has 0 unspecified atom stereocenters. The summed E-state index contributed by atoms with van der Waals surface area (Å²) < 4.78 is 0. The number of ketones is 1. The van der Waals surface area contributed by atoms with Crippen molar-refractivity contribution < 1.29 is 4.79 Å². The second-order valence-corrected chi connectivity index (χ2v) is 3.97. The van der Waals surface area contributed by atoms with Crippen molar-refractivity contribution in [1.29, 1.82) is 0 Å². The average Bonchev–Trinajstić information content (AvgIpc) is 2.81. The molecule has 0 aliphatic carbocycles. The zero-order chi connectivity index (χ0) is 11.5. The Kier molecular flexibility index (Phi) is 3.06. The van der Waals surface area contributed by atoms with Gasteiger partial charge in [-0.3, -0.25) is 4.79 Å². The molecule has 0 radical (unpaired) electrons. The van der Waals surface area contributed by atoms with E-state index in [0.717, 1.165) is 12.1 Å². The molecule has 1 N–H and O–H groups in total. The van der Waals surface area contributed by atoms with Crippen LogP contribution in [0.3, 0.4) is 0 Å². The van der Waals surface area contributed by atoms with E-state index in [2.05, 4.69) is 17.1 Å². The molecule has 0 saturated heterocycles. The lowest BCUT2D eigenvalue weighted by atomic mass is 9.99. The van der Waals surface area contributed by atoms with Gasteiger partial charge in [0, 0.05) is 23.6 Å². The van der Waals surface area contributed by atoms with E-state index in [9.17, 15) is 4.79 Å². The van der Waals surface area contributed by atoms with Crippen LogP contribution in [-0.4, -0.2) is 18.0 Å². The molecule has 1 aromatic carbocycles. The number of nitrogens with one attached hydrogen (secondary N) is 1. The van der Waals surface area contributed by atoms with Gasteiger partial charge in [0.15, 0.2) is 0 Å². The van der Waals surface area contributed by atoms with Crippen LogP contribution >= 0.6 is 11.6 Å². The summed E-state index contributed by atoms with van der Waals surface area (Å²) in [6.07, 6.45) is 0.658. The highest BCUT2D eigenvalue weighted by Gasteiger charge is 2.19. The number of nitrogens with zero attached hydrogens (tertiary/aromatic N) is 1. The fraction of sp³-hybridized carbons (Fsp3) is 0.167. The minimum absolute atomic E-state index is 0.104. The zero-order valence-corrected chi connectivity index (χ0v) is 9.42. The molecule has 4 heteroatoms. The van der Waals surface area contributed by atoms with Gasteiger partial charge in [0.25, 0.3) is 0 Å². The van der Waals surface area contributed by atoms with Crippen molar-refractivity contribution in [3.8, 4) is 0 Å². The van der Waals surface area contributed by atoms with Crippen LogP contribution in [0.4, 0.5) is 0 Å². The fourth-order valence-corrected chi connectivity index (χ4v) is 1.63. The fourth-order valence-electron chi connectivity index (χ4n) is 1.50. The lowest BCUT2D eigenvalue weighted by molar-refractivity contribution is -0.108. The first-order valence-electron chi connectivity index (χ1n) is 4.97. The maximum atomic E-state index is 11.9. The predicted molar refractivity (Wildman–Crippen MR) is 65.5 cm³/mol. The van der Waals surface area contributed by atoms with Crippen molar-refractivity contribution in [2.75, 3.05) is 6.54 Å². The second kappa shape index (κ2) is 4.49. The van der Waals surface area contributed by atoms with Crippen LogP contribution < -0.4 is 5.43 Å². The number of carbonyl (C=O) groups is 1. The molecule has 0 amide bonds. The maximum Gasteiger partial charge on any atom is 0.209 e. The number of rotatable bonds is 3. The van der Waals surface area contributed by atoms with Gasteiger partial charge in [-0.25, -0.2) is 0 Å². The topological polar surface area (TPSA) is 41.5 Å². The molecule has 0 atom stereocenters. The van der Waals surface area contributed by atoms with E-state index in [0.29, 0.717) is 22.7 Å². The first-order valence-corrected chi connectivity index (χ1v) is 5.35. The Morgan fingerprint density at radius 1 is 1.38 bits per heavy atom. The standard InChI is InChI=1S/C12H11ClN2O/c1-8(9-2-4-10(13)5-3-9)12(16)11-6-7-14-15-11/h2-5,14H,1,6-7H2. The van der Waals surface area contributed by atoms with Crippen LogP contribution in [0.5, 0.6) is 0 Å².